The first-order chi connectivity index (χ1) is 15.2. The normalized spacial score (nSPS) is 13.0. The first-order valence-corrected chi connectivity index (χ1v) is 9.68. The number of benzene rings is 2. The number of hydrogen-bond acceptors (Lipinski definition) is 5. The first kappa shape index (κ1) is 21.4. The van der Waals surface area contributed by atoms with Crippen molar-refractivity contribution in [1.29, 1.82) is 0 Å². The van der Waals surface area contributed by atoms with Gasteiger partial charge in [-0.25, -0.2) is 4.68 Å². The third-order valence-electron chi connectivity index (χ3n) is 4.82. The van der Waals surface area contributed by atoms with Crippen molar-refractivity contribution < 1.29 is 27.4 Å². The Morgan fingerprint density at radius 2 is 1.81 bits per heavy atom. The lowest BCUT2D eigenvalue weighted by Crippen LogP contribution is -2.32. The van der Waals surface area contributed by atoms with Gasteiger partial charge in [-0.05, 0) is 36.8 Å². The molecular formula is C22H18F3N3O4. The Morgan fingerprint density at radius 3 is 2.56 bits per heavy atom. The van der Waals surface area contributed by atoms with Crippen molar-refractivity contribution in [2.45, 2.75) is 19.6 Å². The van der Waals surface area contributed by atoms with E-state index in [1.54, 1.807) is 18.2 Å². The standard InChI is InChI=1S/C22H18F3N3O4/c1-13-10-17(29)20(27-28(13)16-5-3-2-4-15(16)22(23,24)25)21(30)26-12-14-6-7-18-19(11-14)32-9-8-31-18/h2-7,10-11H,8-9,12H2,1H3,(H,26,30). The maximum absolute atomic E-state index is 13.4. The summed E-state index contributed by atoms with van der Waals surface area (Å²) in [5.74, 6) is 0.337. The summed E-state index contributed by atoms with van der Waals surface area (Å²) >= 11 is 0. The largest absolute Gasteiger partial charge is 0.486 e. The number of halogens is 3. The summed E-state index contributed by atoms with van der Waals surface area (Å²) in [7, 11) is 0. The van der Waals surface area contributed by atoms with Gasteiger partial charge in [0.15, 0.2) is 17.2 Å². The summed E-state index contributed by atoms with van der Waals surface area (Å²) in [6, 6.07) is 11.0. The molecule has 1 aromatic heterocycles. The lowest BCUT2D eigenvalue weighted by molar-refractivity contribution is -0.137. The van der Waals surface area contributed by atoms with Crippen molar-refractivity contribution in [3.63, 3.8) is 0 Å². The van der Waals surface area contributed by atoms with E-state index in [2.05, 4.69) is 10.4 Å². The van der Waals surface area contributed by atoms with Crippen LogP contribution in [-0.4, -0.2) is 28.9 Å². The Balaban J connectivity index is 1.61. The average Bonchev–Trinajstić information content (AvgIpc) is 2.77. The topological polar surface area (TPSA) is 82.5 Å². The molecule has 1 aliphatic rings. The van der Waals surface area contributed by atoms with Crippen LogP contribution in [-0.2, 0) is 12.7 Å². The molecule has 0 saturated carbocycles. The molecule has 0 saturated heterocycles. The molecule has 2 heterocycles. The number of aromatic nitrogens is 2. The van der Waals surface area contributed by atoms with E-state index in [-0.39, 0.29) is 17.9 Å². The van der Waals surface area contributed by atoms with Gasteiger partial charge in [-0.15, -0.1) is 0 Å². The van der Waals surface area contributed by atoms with Gasteiger partial charge >= 0.3 is 6.18 Å². The van der Waals surface area contributed by atoms with Gasteiger partial charge in [0.25, 0.3) is 5.91 Å². The van der Waals surface area contributed by atoms with E-state index in [1.165, 1.54) is 25.1 Å². The molecule has 0 bridgehead atoms. The molecule has 4 rings (SSSR count). The number of nitrogens with zero attached hydrogens (tertiary/aromatic N) is 2. The smallest absolute Gasteiger partial charge is 0.418 e. The summed E-state index contributed by atoms with van der Waals surface area (Å²) in [5, 5.41) is 6.52. The van der Waals surface area contributed by atoms with E-state index in [4.69, 9.17) is 9.47 Å². The maximum Gasteiger partial charge on any atom is 0.418 e. The number of amides is 1. The quantitative estimate of drug-likeness (QED) is 0.667. The van der Waals surface area contributed by atoms with Crippen molar-refractivity contribution in [2.24, 2.45) is 0 Å². The molecule has 10 heteroatoms. The van der Waals surface area contributed by atoms with Crippen molar-refractivity contribution in [1.82, 2.24) is 15.1 Å². The molecule has 0 aliphatic carbocycles. The second-order valence-electron chi connectivity index (χ2n) is 7.09. The molecule has 166 valence electrons. The van der Waals surface area contributed by atoms with Crippen molar-refractivity contribution in [2.75, 3.05) is 13.2 Å². The highest BCUT2D eigenvalue weighted by atomic mass is 19.4. The summed E-state index contributed by atoms with van der Waals surface area (Å²) in [6.45, 7) is 2.36. The highest BCUT2D eigenvalue weighted by Gasteiger charge is 2.34. The summed E-state index contributed by atoms with van der Waals surface area (Å²) < 4.78 is 52.2. The maximum atomic E-state index is 13.4. The lowest BCUT2D eigenvalue weighted by atomic mass is 10.1. The number of carbonyl (C=O) groups excluding carboxylic acids is 1. The minimum atomic E-state index is -4.63. The fourth-order valence-electron chi connectivity index (χ4n) is 3.31. The zero-order chi connectivity index (χ0) is 22.9. The zero-order valence-corrected chi connectivity index (χ0v) is 16.9. The molecule has 2 aromatic carbocycles. The Labute approximate surface area is 180 Å². The third-order valence-corrected chi connectivity index (χ3v) is 4.82. The van der Waals surface area contributed by atoms with E-state index in [1.807, 2.05) is 0 Å². The van der Waals surface area contributed by atoms with E-state index in [9.17, 15) is 22.8 Å². The monoisotopic (exact) mass is 445 g/mol. The molecule has 1 amide bonds. The van der Waals surface area contributed by atoms with Crippen LogP contribution >= 0.6 is 0 Å². The Bertz CT molecular complexity index is 1240. The number of hydrogen-bond donors (Lipinski definition) is 1. The van der Waals surface area contributed by atoms with Crippen LogP contribution in [0.5, 0.6) is 11.5 Å². The molecule has 1 N–H and O–H groups in total. The second-order valence-corrected chi connectivity index (χ2v) is 7.09. The first-order valence-electron chi connectivity index (χ1n) is 9.68. The minimum absolute atomic E-state index is 0.0591. The van der Waals surface area contributed by atoms with Gasteiger partial charge in [0.1, 0.15) is 13.2 Å². The summed E-state index contributed by atoms with van der Waals surface area (Å²) in [4.78, 5) is 25.0. The average molecular weight is 445 g/mol. The second kappa shape index (κ2) is 8.37. The number of nitrogens with one attached hydrogen (secondary N) is 1. The highest BCUT2D eigenvalue weighted by molar-refractivity contribution is 5.92. The number of fused-ring (bicyclic) bond motifs is 1. The van der Waals surface area contributed by atoms with Crippen molar-refractivity contribution in [3.8, 4) is 17.2 Å². The number of aryl methyl sites for hydroxylation is 1. The van der Waals surface area contributed by atoms with Gasteiger partial charge in [-0.2, -0.15) is 18.3 Å². The molecule has 7 nitrogen and oxygen atoms in total. The molecule has 0 atom stereocenters. The predicted molar refractivity (Wildman–Crippen MR) is 108 cm³/mol. The Kier molecular flexibility index (Phi) is 5.60. The van der Waals surface area contributed by atoms with Crippen LogP contribution in [0.1, 0.15) is 27.3 Å². The van der Waals surface area contributed by atoms with Gasteiger partial charge in [0.2, 0.25) is 5.43 Å². The van der Waals surface area contributed by atoms with Gasteiger partial charge in [-0.3, -0.25) is 9.59 Å². The van der Waals surface area contributed by atoms with Gasteiger partial charge in [0.05, 0.1) is 11.3 Å². The molecule has 0 radical (unpaired) electrons. The van der Waals surface area contributed by atoms with E-state index < -0.39 is 28.8 Å². The van der Waals surface area contributed by atoms with Gasteiger partial charge < -0.3 is 14.8 Å². The molecule has 0 spiro atoms. The van der Waals surface area contributed by atoms with E-state index in [0.29, 0.717) is 30.3 Å². The predicted octanol–water partition coefficient (Wildman–Crippen LogP) is 3.26. The fraction of sp³-hybridized carbons (Fsp3) is 0.227. The molecule has 1 aliphatic heterocycles. The zero-order valence-electron chi connectivity index (χ0n) is 16.9. The molecule has 3 aromatic rings. The van der Waals surface area contributed by atoms with E-state index in [0.717, 1.165) is 16.8 Å². The Morgan fingerprint density at radius 1 is 1.09 bits per heavy atom. The van der Waals surface area contributed by atoms with Crippen LogP contribution < -0.4 is 20.2 Å². The van der Waals surface area contributed by atoms with Gasteiger partial charge in [-0.1, -0.05) is 18.2 Å². The molecule has 0 unspecified atom stereocenters. The number of alkyl halides is 3. The van der Waals surface area contributed by atoms with Crippen LogP contribution in [0, 0.1) is 6.92 Å². The number of ether oxygens (including phenoxy) is 2. The number of para-hydroxylation sites is 1. The SMILES string of the molecule is Cc1cc(=O)c(C(=O)NCc2ccc3c(c2)OCCO3)nn1-c1ccccc1C(F)(F)F. The van der Waals surface area contributed by atoms with Crippen LogP contribution in [0.25, 0.3) is 5.69 Å². The third kappa shape index (κ3) is 4.29. The lowest BCUT2D eigenvalue weighted by Gasteiger charge is -2.19. The molecule has 0 fully saturated rings. The van der Waals surface area contributed by atoms with Crippen LogP contribution in [0.2, 0.25) is 0 Å². The minimum Gasteiger partial charge on any atom is -0.486 e. The van der Waals surface area contributed by atoms with Crippen LogP contribution in [0.15, 0.2) is 53.3 Å². The summed E-state index contributed by atoms with van der Waals surface area (Å²) in [6.07, 6.45) is -4.63. The Hall–Kier alpha value is -3.82. The number of rotatable bonds is 4. The van der Waals surface area contributed by atoms with Gasteiger partial charge in [0, 0.05) is 18.3 Å². The summed E-state index contributed by atoms with van der Waals surface area (Å²) in [5.41, 5.74) is -1.55. The fourth-order valence-corrected chi connectivity index (χ4v) is 3.31. The van der Waals surface area contributed by atoms with E-state index >= 15 is 0 Å². The number of carbonyl (C=O) groups is 1. The van der Waals surface area contributed by atoms with Crippen LogP contribution in [0.4, 0.5) is 13.2 Å². The van der Waals surface area contributed by atoms with Crippen LogP contribution in [0.3, 0.4) is 0 Å². The van der Waals surface area contributed by atoms with Crippen molar-refractivity contribution >= 4 is 5.91 Å². The highest BCUT2D eigenvalue weighted by Crippen LogP contribution is 2.33. The van der Waals surface area contributed by atoms with Crippen molar-refractivity contribution in [3.05, 3.63) is 81.3 Å². The molecule has 32 heavy (non-hydrogen) atoms. The molecular weight excluding hydrogens is 427 g/mol.